The summed E-state index contributed by atoms with van der Waals surface area (Å²) < 4.78 is 0. The summed E-state index contributed by atoms with van der Waals surface area (Å²) in [6.07, 6.45) is 9.46. The van der Waals surface area contributed by atoms with Gasteiger partial charge in [-0.05, 0) is 30.7 Å². The summed E-state index contributed by atoms with van der Waals surface area (Å²) in [4.78, 5) is 8.35. The van der Waals surface area contributed by atoms with Crippen LogP contribution in [0.1, 0.15) is 6.92 Å². The maximum atomic E-state index is 4.20. The van der Waals surface area contributed by atoms with E-state index in [9.17, 15) is 0 Å². The molecule has 2 heteroatoms. The van der Waals surface area contributed by atoms with Gasteiger partial charge in [0.25, 0.3) is 0 Å². The predicted molar refractivity (Wildman–Crippen MR) is 46.9 cm³/mol. The van der Waals surface area contributed by atoms with Gasteiger partial charge in [-0.15, -0.1) is 0 Å². The Morgan fingerprint density at radius 2 is 2.09 bits per heavy atom. The molecule has 2 rings (SSSR count). The molecule has 0 spiro atoms. The monoisotopic (exact) mass is 144 g/mol. The molecule has 2 aliphatic heterocycles. The molecule has 0 aromatic rings. The van der Waals surface area contributed by atoms with Crippen LogP contribution in [0.25, 0.3) is 0 Å². The quantitative estimate of drug-likeness (QED) is 0.496. The van der Waals surface area contributed by atoms with Crippen LogP contribution in [-0.4, -0.2) is 12.4 Å². The Balaban J connectivity index is 2.48. The lowest BCUT2D eigenvalue weighted by Gasteiger charge is -1.96. The first-order valence-corrected chi connectivity index (χ1v) is 3.54. The van der Waals surface area contributed by atoms with Gasteiger partial charge in [0, 0.05) is 12.4 Å². The van der Waals surface area contributed by atoms with Gasteiger partial charge in [0.1, 0.15) is 0 Å². The van der Waals surface area contributed by atoms with Crippen molar-refractivity contribution in [2.45, 2.75) is 6.92 Å². The molecule has 0 aromatic heterocycles. The fourth-order valence-electron chi connectivity index (χ4n) is 1.11. The molecule has 0 atom stereocenters. The highest BCUT2D eigenvalue weighted by molar-refractivity contribution is 5.82. The average molecular weight is 144 g/mol. The Hall–Kier alpha value is -1.44. The first kappa shape index (κ1) is 6.28. The van der Waals surface area contributed by atoms with Crippen molar-refractivity contribution >= 4 is 12.4 Å². The van der Waals surface area contributed by atoms with Gasteiger partial charge in [-0.1, -0.05) is 0 Å². The van der Waals surface area contributed by atoms with Crippen molar-refractivity contribution < 1.29 is 0 Å². The van der Waals surface area contributed by atoms with Gasteiger partial charge < -0.3 is 0 Å². The predicted octanol–water partition coefficient (Wildman–Crippen LogP) is 1.87. The Kier molecular flexibility index (Phi) is 1.32. The fourth-order valence-corrected chi connectivity index (χ4v) is 1.11. The molecule has 54 valence electrons. The van der Waals surface area contributed by atoms with Gasteiger partial charge in [-0.25, -0.2) is 0 Å². The molecule has 0 unspecified atom stereocenters. The summed E-state index contributed by atoms with van der Waals surface area (Å²) in [7, 11) is 0. The molecule has 2 nitrogen and oxygen atoms in total. The summed E-state index contributed by atoms with van der Waals surface area (Å²) in [5, 5.41) is 0. The number of allylic oxidation sites excluding steroid dienone is 4. The Morgan fingerprint density at radius 1 is 1.18 bits per heavy atom. The zero-order chi connectivity index (χ0) is 7.68. The molecule has 0 bridgehead atoms. The second-order valence-corrected chi connectivity index (χ2v) is 2.50. The molecule has 0 aliphatic carbocycles. The second kappa shape index (κ2) is 2.31. The van der Waals surface area contributed by atoms with E-state index in [2.05, 4.69) is 9.98 Å². The van der Waals surface area contributed by atoms with Crippen LogP contribution >= 0.6 is 0 Å². The number of hydrogen-bond acceptors (Lipinski definition) is 2. The summed E-state index contributed by atoms with van der Waals surface area (Å²) in [6, 6.07) is 0. The number of nitrogens with zero attached hydrogens (tertiary/aromatic N) is 2. The van der Waals surface area contributed by atoms with E-state index in [-0.39, 0.29) is 0 Å². The van der Waals surface area contributed by atoms with Crippen molar-refractivity contribution in [2.75, 3.05) is 0 Å². The van der Waals surface area contributed by atoms with Crippen molar-refractivity contribution in [3.8, 4) is 0 Å². The number of aliphatic imine (C=N–C) groups is 2. The van der Waals surface area contributed by atoms with Crippen LogP contribution in [0, 0.1) is 0 Å². The lowest BCUT2D eigenvalue weighted by Crippen LogP contribution is -1.80. The zero-order valence-corrected chi connectivity index (χ0v) is 6.28. The van der Waals surface area contributed by atoms with Gasteiger partial charge in [0.15, 0.2) is 0 Å². The van der Waals surface area contributed by atoms with Gasteiger partial charge in [0.05, 0.1) is 11.4 Å². The van der Waals surface area contributed by atoms with Crippen molar-refractivity contribution in [3.05, 3.63) is 35.2 Å². The van der Waals surface area contributed by atoms with Gasteiger partial charge in [-0.3, -0.25) is 9.98 Å². The standard InChI is InChI=1S/C9H8N2/c1-7-4-6-11-9(7)8-3-2-5-10-8/h2-6H,1H3. The zero-order valence-electron chi connectivity index (χ0n) is 6.28. The van der Waals surface area contributed by atoms with Crippen LogP contribution in [0.4, 0.5) is 0 Å². The minimum absolute atomic E-state index is 0.965. The third-order valence-electron chi connectivity index (χ3n) is 1.70. The van der Waals surface area contributed by atoms with E-state index in [0.717, 1.165) is 11.4 Å². The smallest absolute Gasteiger partial charge is 0.0915 e. The largest absolute Gasteiger partial charge is 0.255 e. The van der Waals surface area contributed by atoms with E-state index in [1.165, 1.54) is 5.57 Å². The highest BCUT2D eigenvalue weighted by Crippen LogP contribution is 2.22. The molecular formula is C9H8N2. The SMILES string of the molecule is CC1=CC=NC1=C1C=CC=N1. The van der Waals surface area contributed by atoms with Crippen LogP contribution in [0.2, 0.25) is 0 Å². The molecule has 0 saturated carbocycles. The van der Waals surface area contributed by atoms with E-state index in [1.54, 1.807) is 12.4 Å². The summed E-state index contributed by atoms with van der Waals surface area (Å²) >= 11 is 0. The summed E-state index contributed by atoms with van der Waals surface area (Å²) in [6.45, 7) is 2.04. The van der Waals surface area contributed by atoms with Crippen molar-refractivity contribution in [1.29, 1.82) is 0 Å². The molecule has 11 heavy (non-hydrogen) atoms. The van der Waals surface area contributed by atoms with Gasteiger partial charge in [0.2, 0.25) is 0 Å². The molecule has 2 heterocycles. The molecule has 0 saturated heterocycles. The van der Waals surface area contributed by atoms with E-state index in [1.807, 2.05) is 25.2 Å². The molecule has 0 aromatic carbocycles. The maximum absolute atomic E-state index is 4.20. The molecule has 0 N–H and O–H groups in total. The van der Waals surface area contributed by atoms with Gasteiger partial charge >= 0.3 is 0 Å². The average Bonchev–Trinajstić information content (AvgIpc) is 2.55. The van der Waals surface area contributed by atoms with E-state index < -0.39 is 0 Å². The highest BCUT2D eigenvalue weighted by atomic mass is 14.8. The highest BCUT2D eigenvalue weighted by Gasteiger charge is 2.08. The molecular weight excluding hydrogens is 136 g/mol. The first-order chi connectivity index (χ1) is 5.38. The van der Waals surface area contributed by atoms with Crippen LogP contribution in [-0.2, 0) is 0 Å². The molecule has 2 aliphatic rings. The summed E-state index contributed by atoms with van der Waals surface area (Å²) in [5.41, 5.74) is 3.14. The van der Waals surface area contributed by atoms with E-state index >= 15 is 0 Å². The van der Waals surface area contributed by atoms with E-state index in [0.29, 0.717) is 0 Å². The van der Waals surface area contributed by atoms with Crippen LogP contribution in [0.3, 0.4) is 0 Å². The van der Waals surface area contributed by atoms with Crippen molar-refractivity contribution in [1.82, 2.24) is 0 Å². The first-order valence-electron chi connectivity index (χ1n) is 3.54. The lowest BCUT2D eigenvalue weighted by atomic mass is 10.2. The summed E-state index contributed by atoms with van der Waals surface area (Å²) in [5.74, 6) is 0. The number of rotatable bonds is 0. The Labute approximate surface area is 65.4 Å². The maximum Gasteiger partial charge on any atom is 0.0915 e. The molecule has 0 amide bonds. The van der Waals surface area contributed by atoms with Crippen molar-refractivity contribution in [2.24, 2.45) is 9.98 Å². The third-order valence-corrected chi connectivity index (χ3v) is 1.70. The number of hydrogen-bond donors (Lipinski definition) is 0. The van der Waals surface area contributed by atoms with Gasteiger partial charge in [-0.2, -0.15) is 0 Å². The van der Waals surface area contributed by atoms with Crippen molar-refractivity contribution in [3.63, 3.8) is 0 Å². The minimum Gasteiger partial charge on any atom is -0.255 e. The minimum atomic E-state index is 0.965. The fraction of sp³-hybridized carbons (Fsp3) is 0.111. The molecule has 0 radical (unpaired) electrons. The Bertz CT molecular complexity index is 313. The van der Waals surface area contributed by atoms with Crippen LogP contribution in [0.5, 0.6) is 0 Å². The van der Waals surface area contributed by atoms with E-state index in [4.69, 9.17) is 0 Å². The van der Waals surface area contributed by atoms with Crippen LogP contribution < -0.4 is 0 Å². The molecule has 0 fully saturated rings. The third kappa shape index (κ3) is 0.963. The second-order valence-electron chi connectivity index (χ2n) is 2.50. The normalized spacial score (nSPS) is 26.8. The Morgan fingerprint density at radius 3 is 2.64 bits per heavy atom. The lowest BCUT2D eigenvalue weighted by molar-refractivity contribution is 1.25. The topological polar surface area (TPSA) is 24.7 Å². The van der Waals surface area contributed by atoms with Crippen LogP contribution in [0.15, 0.2) is 45.2 Å².